The number of hydrogen-bond donors (Lipinski definition) is 2. The van der Waals surface area contributed by atoms with Crippen LogP contribution in [0.25, 0.3) is 0 Å². The van der Waals surface area contributed by atoms with Gasteiger partial charge in [-0.1, -0.05) is 283 Å². The Morgan fingerprint density at radius 2 is 0.679 bits per heavy atom. The van der Waals surface area contributed by atoms with Gasteiger partial charge >= 0.3 is 19.8 Å². The van der Waals surface area contributed by atoms with Crippen molar-refractivity contribution in [3.63, 3.8) is 0 Å². The number of phosphoric ester groups is 1. The van der Waals surface area contributed by atoms with Gasteiger partial charge in [-0.05, 0) is 109 Å². The predicted molar refractivity (Wildman–Crippen MR) is 348 cm³/mol. The average molecular weight is 1150 g/mol. The van der Waals surface area contributed by atoms with E-state index in [2.05, 4.69) is 135 Å². The van der Waals surface area contributed by atoms with E-state index >= 15 is 0 Å². The molecule has 464 valence electrons. The van der Waals surface area contributed by atoms with Gasteiger partial charge in [0.05, 0.1) is 13.2 Å². The monoisotopic (exact) mass is 1150 g/mol. The van der Waals surface area contributed by atoms with E-state index in [9.17, 15) is 19.0 Å². The molecule has 0 fully saturated rings. The number of carbonyl (C=O) groups excluding carboxylic acids is 2. The summed E-state index contributed by atoms with van der Waals surface area (Å²) in [6.07, 6.45) is 91.3. The van der Waals surface area contributed by atoms with Crippen LogP contribution >= 0.6 is 7.82 Å². The first kappa shape index (κ1) is 77.4. The van der Waals surface area contributed by atoms with Gasteiger partial charge in [-0.3, -0.25) is 18.6 Å². The highest BCUT2D eigenvalue weighted by molar-refractivity contribution is 7.47. The van der Waals surface area contributed by atoms with Gasteiger partial charge in [0.1, 0.15) is 6.61 Å². The first-order valence-corrected chi connectivity index (χ1v) is 34.5. The maximum atomic E-state index is 12.7. The van der Waals surface area contributed by atoms with E-state index in [-0.39, 0.29) is 38.6 Å². The van der Waals surface area contributed by atoms with Crippen LogP contribution in [0.15, 0.2) is 122 Å². The minimum atomic E-state index is -4.41. The quantitative estimate of drug-likeness (QED) is 0.0264. The van der Waals surface area contributed by atoms with Crippen molar-refractivity contribution in [3.8, 4) is 0 Å². The van der Waals surface area contributed by atoms with Crippen LogP contribution < -0.4 is 5.73 Å². The second kappa shape index (κ2) is 65.6. The van der Waals surface area contributed by atoms with E-state index in [0.717, 1.165) is 109 Å². The van der Waals surface area contributed by atoms with Gasteiger partial charge in [-0.15, -0.1) is 0 Å². The minimum Gasteiger partial charge on any atom is -0.462 e. The van der Waals surface area contributed by atoms with Crippen LogP contribution in [0.3, 0.4) is 0 Å². The number of hydrogen-bond acceptors (Lipinski definition) is 8. The molecule has 9 nitrogen and oxygen atoms in total. The molecule has 2 atom stereocenters. The molecular formula is C71H122NO8P. The van der Waals surface area contributed by atoms with E-state index in [4.69, 9.17) is 24.3 Å². The molecule has 0 amide bonds. The smallest absolute Gasteiger partial charge is 0.462 e. The molecule has 0 aliphatic rings. The number of rotatable bonds is 61. The van der Waals surface area contributed by atoms with Gasteiger partial charge in [0, 0.05) is 19.4 Å². The maximum absolute atomic E-state index is 12.7. The highest BCUT2D eigenvalue weighted by atomic mass is 31.2. The molecule has 0 spiro atoms. The Morgan fingerprint density at radius 1 is 0.383 bits per heavy atom. The van der Waals surface area contributed by atoms with Crippen LogP contribution in [-0.4, -0.2) is 49.3 Å². The topological polar surface area (TPSA) is 134 Å². The summed E-state index contributed by atoms with van der Waals surface area (Å²) in [6, 6.07) is 0. The summed E-state index contributed by atoms with van der Waals surface area (Å²) in [7, 11) is -4.41. The van der Waals surface area contributed by atoms with E-state index in [1.165, 1.54) is 141 Å². The van der Waals surface area contributed by atoms with Gasteiger partial charge in [0.15, 0.2) is 6.10 Å². The first-order valence-electron chi connectivity index (χ1n) is 33.0. The summed E-state index contributed by atoms with van der Waals surface area (Å²) in [5.41, 5.74) is 5.39. The molecule has 0 aromatic rings. The third-order valence-electron chi connectivity index (χ3n) is 13.8. The summed E-state index contributed by atoms with van der Waals surface area (Å²) in [5.74, 6) is -0.849. The molecule has 0 radical (unpaired) electrons. The van der Waals surface area contributed by atoms with E-state index in [1.807, 2.05) is 0 Å². The summed E-state index contributed by atoms with van der Waals surface area (Å²) < 4.78 is 33.1. The van der Waals surface area contributed by atoms with Crippen LogP contribution in [0.1, 0.15) is 284 Å². The maximum Gasteiger partial charge on any atom is 0.472 e. The number of phosphoric acid groups is 1. The highest BCUT2D eigenvalue weighted by Gasteiger charge is 2.26. The van der Waals surface area contributed by atoms with Crippen molar-refractivity contribution in [1.82, 2.24) is 0 Å². The summed E-state index contributed by atoms with van der Waals surface area (Å²) in [6.45, 7) is 3.62. The molecule has 0 aromatic carbocycles. The van der Waals surface area contributed by atoms with Crippen LogP contribution in [0.5, 0.6) is 0 Å². The van der Waals surface area contributed by atoms with Crippen LogP contribution in [0, 0.1) is 0 Å². The van der Waals surface area contributed by atoms with Crippen molar-refractivity contribution in [3.05, 3.63) is 122 Å². The van der Waals surface area contributed by atoms with Crippen molar-refractivity contribution >= 4 is 19.8 Å². The molecule has 81 heavy (non-hydrogen) atoms. The Morgan fingerprint density at radius 3 is 1.02 bits per heavy atom. The van der Waals surface area contributed by atoms with Gasteiger partial charge in [-0.2, -0.15) is 0 Å². The largest absolute Gasteiger partial charge is 0.472 e. The van der Waals surface area contributed by atoms with Crippen molar-refractivity contribution in [1.29, 1.82) is 0 Å². The normalized spacial score (nSPS) is 13.8. The van der Waals surface area contributed by atoms with E-state index in [1.54, 1.807) is 0 Å². The standard InChI is InChI=1S/C71H122NO8P/c1-3-5-7-9-11-13-15-17-19-21-23-25-27-29-31-32-33-34-35-36-38-40-42-44-46-48-50-52-54-56-58-60-62-64-71(74)80-69(68-79-81(75,76)78-66-65-72)67-77-70(73)63-61-59-57-55-53-51-49-47-45-43-41-39-37-30-28-26-24-22-20-18-16-14-12-10-8-6-4-2/h5,7,11,13,17,19,22-25,29,31,33-34,36,38,42,44,48,50,69H,3-4,6,8-10,12,14-16,18,20-21,26-28,30,32,35,37,39-41,43,45-47,49,51-68,72H2,1-2H3,(H,75,76)/b7-5-,13-11-,19-17-,24-22-,25-23-,31-29-,34-33-,38-36-,44-42-,50-48-. The molecule has 0 rings (SSSR count). The van der Waals surface area contributed by atoms with Crippen molar-refractivity contribution in [2.24, 2.45) is 5.73 Å². The average Bonchev–Trinajstić information content (AvgIpc) is 3.46. The number of nitrogens with two attached hydrogens (primary N) is 1. The molecule has 0 saturated heterocycles. The number of unbranched alkanes of at least 4 members (excludes halogenated alkanes) is 28. The molecule has 2 unspecified atom stereocenters. The lowest BCUT2D eigenvalue weighted by molar-refractivity contribution is -0.161. The fourth-order valence-corrected chi connectivity index (χ4v) is 9.74. The SMILES string of the molecule is CC/C=C\C/C=C\C/C=C\C/C=C\C/C=C\C/C=C\C/C=C\C/C=C\C/C=C\CCCCCCCC(=O)OC(COC(=O)CCCCCCCCCCCCCCCCC/C=C\CCCCCCCCCC)COP(=O)(O)OCCN. The summed E-state index contributed by atoms with van der Waals surface area (Å²) >= 11 is 0. The zero-order valence-electron chi connectivity index (χ0n) is 52.0. The number of ether oxygens (including phenoxy) is 2. The number of allylic oxidation sites excluding steroid dienone is 20. The molecule has 0 aliphatic heterocycles. The first-order chi connectivity index (χ1) is 39.8. The summed E-state index contributed by atoms with van der Waals surface area (Å²) in [4.78, 5) is 35.3. The molecule has 0 heterocycles. The third kappa shape index (κ3) is 65.4. The lowest BCUT2D eigenvalue weighted by Gasteiger charge is -2.19. The second-order valence-electron chi connectivity index (χ2n) is 21.6. The lowest BCUT2D eigenvalue weighted by Crippen LogP contribution is -2.29. The summed E-state index contributed by atoms with van der Waals surface area (Å²) in [5, 5.41) is 0. The van der Waals surface area contributed by atoms with Crippen LogP contribution in [-0.2, 0) is 32.7 Å². The predicted octanol–water partition coefficient (Wildman–Crippen LogP) is 21.5. The Hall–Kier alpha value is -3.59. The number of carbonyl (C=O) groups is 2. The highest BCUT2D eigenvalue weighted by Crippen LogP contribution is 2.43. The van der Waals surface area contributed by atoms with E-state index < -0.39 is 26.5 Å². The Balaban J connectivity index is 4.00. The van der Waals surface area contributed by atoms with Crippen LogP contribution in [0.4, 0.5) is 0 Å². The van der Waals surface area contributed by atoms with Gasteiger partial charge in [0.25, 0.3) is 0 Å². The van der Waals surface area contributed by atoms with Gasteiger partial charge < -0.3 is 20.1 Å². The lowest BCUT2D eigenvalue weighted by atomic mass is 10.0. The molecule has 0 saturated carbocycles. The molecule has 3 N–H and O–H groups in total. The number of esters is 2. The zero-order chi connectivity index (χ0) is 58.7. The van der Waals surface area contributed by atoms with Crippen molar-refractivity contribution in [2.75, 3.05) is 26.4 Å². The fourth-order valence-electron chi connectivity index (χ4n) is 8.98. The van der Waals surface area contributed by atoms with E-state index in [0.29, 0.717) is 6.42 Å². The van der Waals surface area contributed by atoms with Crippen molar-refractivity contribution in [2.45, 2.75) is 290 Å². The van der Waals surface area contributed by atoms with Gasteiger partial charge in [-0.25, -0.2) is 4.57 Å². The molecule has 0 aliphatic carbocycles. The van der Waals surface area contributed by atoms with Crippen molar-refractivity contribution < 1.29 is 37.6 Å². The zero-order valence-corrected chi connectivity index (χ0v) is 52.9. The third-order valence-corrected chi connectivity index (χ3v) is 14.8. The minimum absolute atomic E-state index is 0.0446. The Labute approximate surface area is 498 Å². The fraction of sp³-hybridized carbons (Fsp3) is 0.690. The van der Waals surface area contributed by atoms with Crippen LogP contribution in [0.2, 0.25) is 0 Å². The Bertz CT molecular complexity index is 1740. The molecule has 10 heteroatoms. The second-order valence-corrected chi connectivity index (χ2v) is 23.1. The molecule has 0 aromatic heterocycles. The Kier molecular flexibility index (Phi) is 62.7. The molecule has 0 bridgehead atoms. The van der Waals surface area contributed by atoms with Gasteiger partial charge in [0.2, 0.25) is 0 Å². The molecular weight excluding hydrogens is 1030 g/mol.